The van der Waals surface area contributed by atoms with E-state index >= 15 is 0 Å². The normalized spacial score (nSPS) is 21.7. The van der Waals surface area contributed by atoms with Gasteiger partial charge in [0.2, 0.25) is 0 Å². The van der Waals surface area contributed by atoms with Crippen molar-refractivity contribution in [2.24, 2.45) is 0 Å². The Morgan fingerprint density at radius 2 is 1.33 bits per heavy atom. The lowest BCUT2D eigenvalue weighted by Crippen LogP contribution is -2.38. The number of amides is 2. The fourth-order valence-electron chi connectivity index (χ4n) is 10.2. The van der Waals surface area contributed by atoms with Crippen molar-refractivity contribution >= 4 is 61.9 Å². The van der Waals surface area contributed by atoms with Crippen molar-refractivity contribution < 1.29 is 36.7 Å². The molecule has 4 fully saturated rings. The highest BCUT2D eigenvalue weighted by Gasteiger charge is 2.34. The molecule has 6 aromatic rings. The summed E-state index contributed by atoms with van der Waals surface area (Å²) in [5.41, 5.74) is 6.27. The second-order valence-electron chi connectivity index (χ2n) is 17.3. The molecule has 4 aromatic carbocycles. The van der Waals surface area contributed by atoms with Crippen LogP contribution in [0.3, 0.4) is 0 Å². The summed E-state index contributed by atoms with van der Waals surface area (Å²) in [4.78, 5) is 41.3. The number of rotatable bonds is 8. The number of hydrogen-bond donors (Lipinski definition) is 2. The number of anilines is 2. The van der Waals surface area contributed by atoms with Crippen LogP contribution in [0.15, 0.2) is 101 Å². The molecule has 13 heteroatoms. The van der Waals surface area contributed by atoms with Gasteiger partial charge in [0.25, 0.3) is 11.8 Å². The van der Waals surface area contributed by atoms with Gasteiger partial charge in [0.05, 0.1) is 6.26 Å². The van der Waals surface area contributed by atoms with Crippen molar-refractivity contribution in [2.45, 2.75) is 94.5 Å². The van der Waals surface area contributed by atoms with Gasteiger partial charge in [-0.05, 0) is 185 Å². The lowest BCUT2D eigenvalue weighted by molar-refractivity contribution is -0.274. The number of nitrogens with one attached hydrogen (secondary N) is 2. The van der Waals surface area contributed by atoms with Crippen LogP contribution < -0.4 is 15.4 Å². The average molecular weight is 877 g/mol. The number of fused-ring (bicyclic) bond motifs is 4. The van der Waals surface area contributed by atoms with Crippen LogP contribution in [0.2, 0.25) is 0 Å². The highest BCUT2D eigenvalue weighted by atomic mass is 32.1. The lowest BCUT2D eigenvalue weighted by atomic mass is 9.85. The molecule has 4 aliphatic rings. The third-order valence-corrected chi connectivity index (χ3v) is 14.4. The molecule has 4 saturated heterocycles. The Kier molecular flexibility index (Phi) is 12.7. The third kappa shape index (κ3) is 10.0. The van der Waals surface area contributed by atoms with E-state index in [-0.39, 0.29) is 23.1 Å². The first-order chi connectivity index (χ1) is 30.6. The minimum absolute atomic E-state index is 0.189. The maximum Gasteiger partial charge on any atom is 0.573 e. The van der Waals surface area contributed by atoms with E-state index in [1.807, 2.05) is 42.7 Å². The molecule has 4 unspecified atom stereocenters. The molecule has 0 aliphatic carbocycles. The molecule has 0 bridgehead atoms. The Labute approximate surface area is 368 Å². The summed E-state index contributed by atoms with van der Waals surface area (Å²) in [5.74, 6) is 0.115. The second kappa shape index (κ2) is 18.7. The average Bonchev–Trinajstić information content (AvgIpc) is 4.01. The molecule has 328 valence electrons. The third-order valence-electron chi connectivity index (χ3n) is 13.4. The number of nitrogens with zero attached hydrogens (tertiary/aromatic N) is 2. The Morgan fingerprint density at radius 1 is 0.683 bits per heavy atom. The van der Waals surface area contributed by atoms with E-state index in [4.69, 9.17) is 4.42 Å². The largest absolute Gasteiger partial charge is 0.573 e. The highest BCUT2D eigenvalue weighted by Crippen LogP contribution is 2.42. The van der Waals surface area contributed by atoms with Crippen LogP contribution in [-0.4, -0.2) is 72.5 Å². The summed E-state index contributed by atoms with van der Waals surface area (Å²) in [7, 11) is 0. The number of benzene rings is 4. The number of carbonyl (C=O) groups excluding carboxylic acids is 3. The van der Waals surface area contributed by atoms with Gasteiger partial charge in [0.15, 0.2) is 0 Å². The smallest absolute Gasteiger partial charge is 0.464 e. The number of thiophene rings is 1. The number of aldehydes is 1. The van der Waals surface area contributed by atoms with Gasteiger partial charge < -0.3 is 29.6 Å². The molecule has 10 rings (SSSR count). The van der Waals surface area contributed by atoms with Gasteiger partial charge in [-0.1, -0.05) is 18.6 Å². The van der Waals surface area contributed by atoms with E-state index in [0.29, 0.717) is 34.7 Å². The van der Waals surface area contributed by atoms with E-state index in [1.54, 1.807) is 35.6 Å². The fraction of sp³-hybridized carbons (Fsp3) is 0.380. The number of carbonyl (C=O) groups is 3. The number of piperidine rings is 2. The Bertz CT molecular complexity index is 2560. The first-order valence-electron chi connectivity index (χ1n) is 22.1. The minimum Gasteiger partial charge on any atom is -0.464 e. The molecule has 6 heterocycles. The van der Waals surface area contributed by atoms with Crippen molar-refractivity contribution in [1.82, 2.24) is 9.80 Å². The summed E-state index contributed by atoms with van der Waals surface area (Å²) in [6.45, 7) is 4.78. The van der Waals surface area contributed by atoms with Gasteiger partial charge in [-0.3, -0.25) is 14.4 Å². The van der Waals surface area contributed by atoms with Crippen LogP contribution in [0.1, 0.15) is 118 Å². The van der Waals surface area contributed by atoms with Crippen LogP contribution in [0.5, 0.6) is 5.75 Å². The highest BCUT2D eigenvalue weighted by molar-refractivity contribution is 7.17. The fourth-order valence-corrected chi connectivity index (χ4v) is 11.2. The zero-order valence-electron chi connectivity index (χ0n) is 35.0. The summed E-state index contributed by atoms with van der Waals surface area (Å²) in [5, 5.41) is 10.4. The monoisotopic (exact) mass is 876 g/mol. The molecule has 0 radical (unpaired) electrons. The molecular formula is C50H51F3N4O5S. The standard InChI is InChI=1S/C26H27F3N2O2S.C24H24N2O3/c27-26(28,29)33-21-9-5-18(6-10-21)25(32)30-19-7-11-24-22(15-19)23(16-34-24)17-4-8-20-3-1-2-13-31(20)14-12-17;27-14-16-3-5-17(6-4-16)24(28)25-19-7-8-23-21(13-19)22(15-29-23)18-9-11-26-10-1-2-20(26)12-18/h5-7,9-11,15-17,20H,1-4,8,12-14H2,(H,30,32);3-8,13-15,18,20H,1-2,9-12H2,(H,25,28). The molecule has 0 spiro atoms. The van der Waals surface area contributed by atoms with Crippen molar-refractivity contribution in [3.05, 3.63) is 124 Å². The second-order valence-corrected chi connectivity index (χ2v) is 18.2. The predicted octanol–water partition coefficient (Wildman–Crippen LogP) is 12.0. The van der Waals surface area contributed by atoms with Gasteiger partial charge in [-0.2, -0.15) is 0 Å². The molecule has 2 aromatic heterocycles. The quantitative estimate of drug-likeness (QED) is 0.147. The number of hydrogen-bond acceptors (Lipinski definition) is 8. The number of halogens is 3. The molecule has 63 heavy (non-hydrogen) atoms. The number of alkyl halides is 3. The Hall–Kier alpha value is -5.50. The molecule has 2 amide bonds. The summed E-state index contributed by atoms with van der Waals surface area (Å²) in [6, 6.07) is 24.7. The van der Waals surface area contributed by atoms with E-state index < -0.39 is 6.36 Å². The zero-order valence-corrected chi connectivity index (χ0v) is 35.8. The Balaban J connectivity index is 0.000000162. The van der Waals surface area contributed by atoms with Crippen LogP contribution in [0, 0.1) is 0 Å². The molecular weight excluding hydrogens is 826 g/mol. The first-order valence-corrected chi connectivity index (χ1v) is 23.0. The van der Waals surface area contributed by atoms with Crippen LogP contribution in [0.4, 0.5) is 24.5 Å². The van der Waals surface area contributed by atoms with Crippen LogP contribution in [0.25, 0.3) is 21.1 Å². The molecule has 2 N–H and O–H groups in total. The van der Waals surface area contributed by atoms with Gasteiger partial charge in [0, 0.05) is 55.8 Å². The minimum atomic E-state index is -4.76. The zero-order chi connectivity index (χ0) is 43.5. The van der Waals surface area contributed by atoms with E-state index in [2.05, 4.69) is 30.6 Å². The SMILES string of the molecule is O=C(Nc1ccc2scc(C3CCC4CCCCN4CC3)c2c1)c1ccc(OC(F)(F)F)cc1.O=Cc1ccc(C(=O)Nc2ccc3occ(C4CCN5CCCC5C4)c3c2)cc1. The number of furan rings is 1. The summed E-state index contributed by atoms with van der Waals surface area (Å²) >= 11 is 1.74. The molecule has 4 aliphatic heterocycles. The lowest BCUT2D eigenvalue weighted by Gasteiger charge is -2.34. The maximum atomic E-state index is 12.7. The van der Waals surface area contributed by atoms with Gasteiger partial charge >= 0.3 is 6.36 Å². The molecule has 9 nitrogen and oxygen atoms in total. The van der Waals surface area contributed by atoms with Gasteiger partial charge in [-0.25, -0.2) is 0 Å². The summed E-state index contributed by atoms with van der Waals surface area (Å²) in [6.07, 6.45) is 10.4. The van der Waals surface area contributed by atoms with Crippen molar-refractivity contribution in [3.63, 3.8) is 0 Å². The topological polar surface area (TPSA) is 104 Å². The van der Waals surface area contributed by atoms with E-state index in [0.717, 1.165) is 67.0 Å². The van der Waals surface area contributed by atoms with Crippen LogP contribution >= 0.6 is 11.3 Å². The van der Waals surface area contributed by atoms with Gasteiger partial charge in [-0.15, -0.1) is 24.5 Å². The van der Waals surface area contributed by atoms with E-state index in [1.165, 1.54) is 97.8 Å². The van der Waals surface area contributed by atoms with E-state index in [9.17, 15) is 27.6 Å². The van der Waals surface area contributed by atoms with Crippen molar-refractivity contribution in [1.29, 1.82) is 0 Å². The Morgan fingerprint density at radius 3 is 2.06 bits per heavy atom. The summed E-state index contributed by atoms with van der Waals surface area (Å²) < 4.78 is 48.0. The number of ether oxygens (including phenoxy) is 1. The molecule has 4 atom stereocenters. The van der Waals surface area contributed by atoms with Crippen molar-refractivity contribution in [2.75, 3.05) is 36.8 Å². The predicted molar refractivity (Wildman–Crippen MR) is 241 cm³/mol. The van der Waals surface area contributed by atoms with Crippen molar-refractivity contribution in [3.8, 4) is 5.75 Å². The maximum absolute atomic E-state index is 12.7. The van der Waals surface area contributed by atoms with Crippen LogP contribution in [-0.2, 0) is 0 Å². The molecule has 0 saturated carbocycles. The van der Waals surface area contributed by atoms with Gasteiger partial charge in [0.1, 0.15) is 17.6 Å². The first kappa shape index (κ1) is 42.8.